The maximum Gasteiger partial charge on any atom is 0.228 e. The molecule has 0 spiro atoms. The van der Waals surface area contributed by atoms with E-state index in [2.05, 4.69) is 5.32 Å². The first-order chi connectivity index (χ1) is 10.2. The number of anilines is 1. The van der Waals surface area contributed by atoms with Gasteiger partial charge in [0.2, 0.25) is 5.91 Å². The number of benzene rings is 2. The van der Waals surface area contributed by atoms with Gasteiger partial charge < -0.3 is 10.1 Å². The number of ketones is 1. The summed E-state index contributed by atoms with van der Waals surface area (Å²) in [5.74, 6) is -0.0453. The second-order valence-electron chi connectivity index (χ2n) is 5.40. The lowest BCUT2D eigenvalue weighted by atomic mass is 9.97. The number of hydrogen-bond donors (Lipinski definition) is 1. The largest absolute Gasteiger partial charge is 0.372 e. The molecule has 1 N–H and O–H groups in total. The van der Waals surface area contributed by atoms with Gasteiger partial charge in [-0.1, -0.05) is 12.1 Å². The van der Waals surface area contributed by atoms with E-state index >= 15 is 0 Å². The molecule has 2 aliphatic heterocycles. The van der Waals surface area contributed by atoms with Crippen LogP contribution in [0.5, 0.6) is 0 Å². The average molecular weight is 279 g/mol. The Bertz CT molecular complexity index is 780. The highest BCUT2D eigenvalue weighted by Crippen LogP contribution is 2.26. The van der Waals surface area contributed by atoms with Crippen molar-refractivity contribution in [3.63, 3.8) is 0 Å². The van der Waals surface area contributed by atoms with Gasteiger partial charge in [-0.25, -0.2) is 0 Å². The average Bonchev–Trinajstić information content (AvgIpc) is 3.09. The molecule has 21 heavy (non-hydrogen) atoms. The van der Waals surface area contributed by atoms with Gasteiger partial charge in [0.1, 0.15) is 0 Å². The lowest BCUT2D eigenvalue weighted by Gasteiger charge is -2.05. The maximum atomic E-state index is 12.6. The summed E-state index contributed by atoms with van der Waals surface area (Å²) in [6.07, 6.45) is 0.342. The number of amides is 1. The molecule has 0 bridgehead atoms. The van der Waals surface area contributed by atoms with Gasteiger partial charge in [0, 0.05) is 16.8 Å². The summed E-state index contributed by atoms with van der Waals surface area (Å²) in [5.41, 5.74) is 5.20. The quantitative estimate of drug-likeness (QED) is 0.859. The van der Waals surface area contributed by atoms with Gasteiger partial charge in [-0.15, -0.1) is 0 Å². The molecule has 104 valence electrons. The highest BCUT2D eigenvalue weighted by molar-refractivity contribution is 6.10. The summed E-state index contributed by atoms with van der Waals surface area (Å²) in [4.78, 5) is 24.0. The van der Waals surface area contributed by atoms with Crippen LogP contribution in [0.2, 0.25) is 0 Å². The first kappa shape index (κ1) is 12.3. The van der Waals surface area contributed by atoms with Crippen LogP contribution in [0, 0.1) is 0 Å². The fraction of sp³-hybridized carbons (Fsp3) is 0.176. The molecule has 1 amide bonds. The summed E-state index contributed by atoms with van der Waals surface area (Å²) in [6, 6.07) is 11.1. The summed E-state index contributed by atoms with van der Waals surface area (Å²) in [5, 5.41) is 2.77. The molecule has 2 aromatic rings. The molecule has 4 nitrogen and oxygen atoms in total. The Balaban J connectivity index is 1.69. The smallest absolute Gasteiger partial charge is 0.228 e. The fourth-order valence-corrected chi connectivity index (χ4v) is 2.85. The number of ether oxygens (including phenoxy) is 1. The molecule has 0 aromatic heterocycles. The molecule has 0 fully saturated rings. The monoisotopic (exact) mass is 279 g/mol. The van der Waals surface area contributed by atoms with Gasteiger partial charge in [0.15, 0.2) is 5.78 Å². The second-order valence-corrected chi connectivity index (χ2v) is 5.40. The van der Waals surface area contributed by atoms with Crippen molar-refractivity contribution in [1.29, 1.82) is 0 Å². The van der Waals surface area contributed by atoms with Crippen LogP contribution in [0.25, 0.3) is 0 Å². The van der Waals surface area contributed by atoms with Crippen molar-refractivity contribution in [2.45, 2.75) is 19.6 Å². The van der Waals surface area contributed by atoms with Gasteiger partial charge in [-0.3, -0.25) is 9.59 Å². The van der Waals surface area contributed by atoms with E-state index in [1.54, 1.807) is 18.2 Å². The Morgan fingerprint density at radius 2 is 1.67 bits per heavy atom. The van der Waals surface area contributed by atoms with Crippen molar-refractivity contribution in [3.05, 3.63) is 64.2 Å². The van der Waals surface area contributed by atoms with Gasteiger partial charge in [0.05, 0.1) is 19.6 Å². The Morgan fingerprint density at radius 3 is 2.52 bits per heavy atom. The molecular formula is C17H13NO3. The highest BCUT2D eigenvalue weighted by Gasteiger charge is 2.20. The Hall–Kier alpha value is -2.46. The maximum absolute atomic E-state index is 12.6. The first-order valence-corrected chi connectivity index (χ1v) is 6.88. The van der Waals surface area contributed by atoms with E-state index in [4.69, 9.17) is 4.74 Å². The molecule has 0 saturated carbocycles. The van der Waals surface area contributed by atoms with E-state index in [0.717, 1.165) is 22.4 Å². The molecule has 0 atom stereocenters. The minimum atomic E-state index is -0.0238. The van der Waals surface area contributed by atoms with Gasteiger partial charge in [0.25, 0.3) is 0 Å². The molecule has 2 heterocycles. The van der Waals surface area contributed by atoms with Crippen molar-refractivity contribution < 1.29 is 14.3 Å². The number of carbonyl (C=O) groups excluding carboxylic acids is 2. The van der Waals surface area contributed by atoms with E-state index in [0.29, 0.717) is 30.8 Å². The third-order valence-corrected chi connectivity index (χ3v) is 3.98. The van der Waals surface area contributed by atoms with Crippen LogP contribution in [-0.2, 0) is 29.2 Å². The van der Waals surface area contributed by atoms with Gasteiger partial charge in [-0.05, 0) is 41.0 Å². The molecule has 4 heteroatoms. The number of nitrogens with one attached hydrogen (secondary N) is 1. The lowest BCUT2D eigenvalue weighted by Crippen LogP contribution is -2.03. The normalized spacial score (nSPS) is 15.5. The summed E-state index contributed by atoms with van der Waals surface area (Å²) >= 11 is 0. The van der Waals surface area contributed by atoms with Gasteiger partial charge in [-0.2, -0.15) is 0 Å². The Kier molecular flexibility index (Phi) is 2.65. The second kappa shape index (κ2) is 4.53. The summed E-state index contributed by atoms with van der Waals surface area (Å²) in [6.45, 7) is 1.19. The number of carbonyl (C=O) groups is 2. The van der Waals surface area contributed by atoms with Crippen LogP contribution < -0.4 is 5.32 Å². The molecule has 2 aromatic carbocycles. The molecular weight excluding hydrogens is 266 g/mol. The zero-order chi connectivity index (χ0) is 14.4. The summed E-state index contributed by atoms with van der Waals surface area (Å²) in [7, 11) is 0. The van der Waals surface area contributed by atoms with Gasteiger partial charge >= 0.3 is 0 Å². The minimum Gasteiger partial charge on any atom is -0.372 e. The van der Waals surface area contributed by atoms with Crippen LogP contribution in [0.4, 0.5) is 5.69 Å². The zero-order valence-corrected chi connectivity index (χ0v) is 11.3. The minimum absolute atomic E-state index is 0.0214. The van der Waals surface area contributed by atoms with Crippen LogP contribution in [0.1, 0.15) is 32.6 Å². The van der Waals surface area contributed by atoms with E-state index < -0.39 is 0 Å². The van der Waals surface area contributed by atoms with E-state index in [1.165, 1.54) is 0 Å². The number of hydrogen-bond acceptors (Lipinski definition) is 3. The van der Waals surface area contributed by atoms with Crippen molar-refractivity contribution in [1.82, 2.24) is 0 Å². The lowest BCUT2D eigenvalue weighted by molar-refractivity contribution is -0.115. The zero-order valence-electron chi connectivity index (χ0n) is 11.3. The standard InChI is InChI=1S/C17H13NO3/c19-16-7-13-5-11(3-4-15(13)18-16)17(20)10-1-2-12-8-21-9-14(12)6-10/h1-6H,7-9H2,(H,18,19). The van der Waals surface area contributed by atoms with Crippen molar-refractivity contribution >= 4 is 17.4 Å². The third-order valence-electron chi connectivity index (χ3n) is 3.98. The molecule has 0 saturated heterocycles. The Labute approximate surface area is 121 Å². The first-order valence-electron chi connectivity index (χ1n) is 6.88. The van der Waals surface area contributed by atoms with Crippen molar-refractivity contribution in [2.75, 3.05) is 5.32 Å². The molecule has 0 aliphatic carbocycles. The van der Waals surface area contributed by atoms with E-state index in [1.807, 2.05) is 18.2 Å². The molecule has 4 rings (SSSR count). The number of fused-ring (bicyclic) bond motifs is 2. The van der Waals surface area contributed by atoms with Crippen molar-refractivity contribution in [3.8, 4) is 0 Å². The van der Waals surface area contributed by atoms with Crippen LogP contribution in [0.15, 0.2) is 36.4 Å². The molecule has 2 aliphatic rings. The van der Waals surface area contributed by atoms with Crippen LogP contribution in [0.3, 0.4) is 0 Å². The summed E-state index contributed by atoms with van der Waals surface area (Å²) < 4.78 is 5.37. The topological polar surface area (TPSA) is 55.4 Å². The van der Waals surface area contributed by atoms with Crippen LogP contribution in [-0.4, -0.2) is 11.7 Å². The SMILES string of the molecule is O=C1Cc2cc(C(=O)c3ccc4c(c3)COC4)ccc2N1. The predicted octanol–water partition coefficient (Wildman–Crippen LogP) is 2.44. The fourth-order valence-electron chi connectivity index (χ4n) is 2.85. The molecule has 0 unspecified atom stereocenters. The molecule has 0 radical (unpaired) electrons. The number of rotatable bonds is 2. The van der Waals surface area contributed by atoms with Crippen molar-refractivity contribution in [2.24, 2.45) is 0 Å². The highest BCUT2D eigenvalue weighted by atomic mass is 16.5. The van der Waals surface area contributed by atoms with Crippen LogP contribution >= 0.6 is 0 Å². The van der Waals surface area contributed by atoms with E-state index in [-0.39, 0.29) is 11.7 Å². The third kappa shape index (κ3) is 2.04. The predicted molar refractivity (Wildman–Crippen MR) is 77.1 cm³/mol. The van der Waals surface area contributed by atoms with E-state index in [9.17, 15) is 9.59 Å². The Morgan fingerprint density at radius 1 is 0.952 bits per heavy atom.